The van der Waals surface area contributed by atoms with Gasteiger partial charge in [-0.1, -0.05) is 0 Å². The van der Waals surface area contributed by atoms with Crippen LogP contribution in [0.4, 0.5) is 0 Å². The minimum atomic E-state index is -0.164. The van der Waals surface area contributed by atoms with E-state index in [1.807, 2.05) is 11.8 Å². The first-order chi connectivity index (χ1) is 9.11. The topological polar surface area (TPSA) is 72.6 Å². The first-order valence-corrected chi connectivity index (χ1v) is 7.32. The number of piperidine rings is 1. The van der Waals surface area contributed by atoms with Gasteiger partial charge in [-0.25, -0.2) is 0 Å². The minimum Gasteiger partial charge on any atom is -0.466 e. The predicted molar refractivity (Wildman–Crippen MR) is 71.3 cm³/mol. The summed E-state index contributed by atoms with van der Waals surface area (Å²) in [5.41, 5.74) is 5.86. The Morgan fingerprint density at radius 3 is 2.68 bits per heavy atom. The molecule has 2 rings (SSSR count). The molecule has 0 aromatic carbocycles. The Morgan fingerprint density at radius 2 is 2.05 bits per heavy atom. The van der Waals surface area contributed by atoms with E-state index in [2.05, 4.69) is 0 Å². The summed E-state index contributed by atoms with van der Waals surface area (Å²) < 4.78 is 5.06. The van der Waals surface area contributed by atoms with Gasteiger partial charge in [0.1, 0.15) is 0 Å². The zero-order chi connectivity index (χ0) is 13.8. The molecule has 3 atom stereocenters. The van der Waals surface area contributed by atoms with Gasteiger partial charge >= 0.3 is 5.97 Å². The summed E-state index contributed by atoms with van der Waals surface area (Å²) in [6, 6.07) is 0.166. The summed E-state index contributed by atoms with van der Waals surface area (Å²) in [6.07, 6.45) is 4.33. The molecule has 0 spiro atoms. The Kier molecular flexibility index (Phi) is 4.80. The highest BCUT2D eigenvalue weighted by Gasteiger charge is 2.35. The molecular formula is C14H24N2O3. The molecule has 2 aliphatic rings. The maximum atomic E-state index is 12.4. The lowest BCUT2D eigenvalue weighted by atomic mass is 9.96. The molecule has 108 valence electrons. The summed E-state index contributed by atoms with van der Waals surface area (Å²) in [7, 11) is 0. The molecule has 1 heterocycles. The summed E-state index contributed by atoms with van der Waals surface area (Å²) >= 11 is 0. The Hall–Kier alpha value is -1.10. The summed E-state index contributed by atoms with van der Waals surface area (Å²) in [6.45, 7) is 3.49. The van der Waals surface area contributed by atoms with Gasteiger partial charge in [0.05, 0.1) is 12.5 Å². The van der Waals surface area contributed by atoms with Crippen molar-refractivity contribution in [1.82, 2.24) is 4.90 Å². The number of carbonyl (C=O) groups is 2. The maximum Gasteiger partial charge on any atom is 0.310 e. The van der Waals surface area contributed by atoms with E-state index < -0.39 is 0 Å². The zero-order valence-electron chi connectivity index (χ0n) is 11.6. The number of ether oxygens (including phenoxy) is 1. The summed E-state index contributed by atoms with van der Waals surface area (Å²) in [4.78, 5) is 26.0. The van der Waals surface area contributed by atoms with Crippen molar-refractivity contribution < 1.29 is 14.3 Å². The van der Waals surface area contributed by atoms with Crippen molar-refractivity contribution in [2.45, 2.75) is 45.1 Å². The molecule has 5 heteroatoms. The molecule has 1 saturated carbocycles. The van der Waals surface area contributed by atoms with E-state index in [1.54, 1.807) is 0 Å². The van der Waals surface area contributed by atoms with Crippen molar-refractivity contribution in [2.75, 3.05) is 19.7 Å². The number of hydrogen-bond donors (Lipinski definition) is 1. The van der Waals surface area contributed by atoms with Crippen LogP contribution >= 0.6 is 0 Å². The van der Waals surface area contributed by atoms with Crippen LogP contribution in [0, 0.1) is 11.8 Å². The smallest absolute Gasteiger partial charge is 0.310 e. The van der Waals surface area contributed by atoms with Crippen molar-refractivity contribution in [3.8, 4) is 0 Å². The molecule has 0 radical (unpaired) electrons. The predicted octanol–water partition coefficient (Wildman–Crippen LogP) is 0.916. The Labute approximate surface area is 114 Å². The summed E-state index contributed by atoms with van der Waals surface area (Å²) in [5, 5.41) is 0. The van der Waals surface area contributed by atoms with Crippen molar-refractivity contribution in [3.05, 3.63) is 0 Å². The van der Waals surface area contributed by atoms with Crippen molar-refractivity contribution >= 4 is 11.9 Å². The molecule has 0 aromatic heterocycles. The van der Waals surface area contributed by atoms with Crippen molar-refractivity contribution in [1.29, 1.82) is 0 Å². The van der Waals surface area contributed by atoms with E-state index in [0.717, 1.165) is 38.6 Å². The number of nitrogens with zero attached hydrogens (tertiary/aromatic N) is 1. The fourth-order valence-electron chi connectivity index (χ4n) is 3.13. The van der Waals surface area contributed by atoms with Gasteiger partial charge in [0.25, 0.3) is 0 Å². The van der Waals surface area contributed by atoms with Gasteiger partial charge in [0, 0.05) is 25.0 Å². The molecule has 1 amide bonds. The number of carbonyl (C=O) groups excluding carboxylic acids is 2. The molecule has 19 heavy (non-hydrogen) atoms. The van der Waals surface area contributed by atoms with Gasteiger partial charge in [-0.3, -0.25) is 9.59 Å². The Bertz CT molecular complexity index is 346. The van der Waals surface area contributed by atoms with Crippen LogP contribution in [0.25, 0.3) is 0 Å². The van der Waals surface area contributed by atoms with Gasteiger partial charge in [-0.05, 0) is 39.0 Å². The van der Waals surface area contributed by atoms with E-state index >= 15 is 0 Å². The number of esters is 1. The Balaban J connectivity index is 1.89. The molecule has 0 aromatic rings. The van der Waals surface area contributed by atoms with Crippen LogP contribution in [0.3, 0.4) is 0 Å². The average Bonchev–Trinajstić information content (AvgIpc) is 2.85. The third kappa shape index (κ3) is 3.47. The highest BCUT2D eigenvalue weighted by molar-refractivity contribution is 5.80. The zero-order valence-corrected chi connectivity index (χ0v) is 11.6. The number of amides is 1. The number of likely N-dealkylation sites (tertiary alicyclic amines) is 1. The quantitative estimate of drug-likeness (QED) is 0.772. The van der Waals surface area contributed by atoms with Crippen LogP contribution in [0.5, 0.6) is 0 Å². The van der Waals surface area contributed by atoms with Gasteiger partial charge in [0.15, 0.2) is 0 Å². The highest BCUT2D eigenvalue weighted by atomic mass is 16.5. The fourth-order valence-corrected chi connectivity index (χ4v) is 3.13. The monoisotopic (exact) mass is 268 g/mol. The molecule has 5 nitrogen and oxygen atoms in total. The first-order valence-electron chi connectivity index (χ1n) is 7.32. The van der Waals surface area contributed by atoms with Crippen LogP contribution in [-0.4, -0.2) is 42.5 Å². The van der Waals surface area contributed by atoms with Gasteiger partial charge in [-0.15, -0.1) is 0 Å². The number of nitrogens with two attached hydrogens (primary N) is 1. The Morgan fingerprint density at radius 1 is 1.26 bits per heavy atom. The molecule has 2 fully saturated rings. The van der Waals surface area contributed by atoms with Gasteiger partial charge < -0.3 is 15.4 Å². The number of hydrogen-bond acceptors (Lipinski definition) is 4. The molecular weight excluding hydrogens is 244 g/mol. The van der Waals surface area contributed by atoms with Gasteiger partial charge in [-0.2, -0.15) is 0 Å². The van der Waals surface area contributed by atoms with Crippen molar-refractivity contribution in [3.63, 3.8) is 0 Å². The lowest BCUT2D eigenvalue weighted by molar-refractivity contribution is -0.151. The second-order valence-electron chi connectivity index (χ2n) is 5.65. The van der Waals surface area contributed by atoms with E-state index in [1.165, 1.54) is 0 Å². The molecule has 1 aliphatic carbocycles. The first kappa shape index (κ1) is 14.3. The molecule has 1 saturated heterocycles. The highest BCUT2D eigenvalue weighted by Crippen LogP contribution is 2.28. The third-order valence-electron chi connectivity index (χ3n) is 4.18. The summed E-state index contributed by atoms with van der Waals surface area (Å²) in [5.74, 6) is -0.0613. The van der Waals surface area contributed by atoms with E-state index in [4.69, 9.17) is 10.5 Å². The second-order valence-corrected chi connectivity index (χ2v) is 5.65. The normalized spacial score (nSPS) is 31.3. The maximum absolute atomic E-state index is 12.4. The van der Waals surface area contributed by atoms with Crippen LogP contribution in [0.1, 0.15) is 39.0 Å². The van der Waals surface area contributed by atoms with Gasteiger partial charge in [0.2, 0.25) is 5.91 Å². The molecule has 0 bridgehead atoms. The van der Waals surface area contributed by atoms with E-state index in [9.17, 15) is 9.59 Å². The SMILES string of the molecule is CCOC(=O)C1CCCN(C(=O)C2CCC(N)C2)C1. The third-order valence-corrected chi connectivity index (χ3v) is 4.18. The lowest BCUT2D eigenvalue weighted by Gasteiger charge is -2.33. The van der Waals surface area contributed by atoms with E-state index in [-0.39, 0.29) is 29.8 Å². The van der Waals surface area contributed by atoms with E-state index in [0.29, 0.717) is 13.2 Å². The minimum absolute atomic E-state index is 0.0657. The number of rotatable bonds is 3. The second kappa shape index (κ2) is 6.37. The largest absolute Gasteiger partial charge is 0.466 e. The standard InChI is InChI=1S/C14H24N2O3/c1-2-19-14(18)11-4-3-7-16(9-11)13(17)10-5-6-12(15)8-10/h10-12H,2-9,15H2,1H3. The molecule has 1 aliphatic heterocycles. The molecule has 2 N–H and O–H groups in total. The van der Waals surface area contributed by atoms with Crippen LogP contribution in [-0.2, 0) is 14.3 Å². The lowest BCUT2D eigenvalue weighted by Crippen LogP contribution is -2.45. The van der Waals surface area contributed by atoms with Crippen LogP contribution < -0.4 is 5.73 Å². The molecule has 3 unspecified atom stereocenters. The average molecular weight is 268 g/mol. The van der Waals surface area contributed by atoms with Crippen LogP contribution in [0.15, 0.2) is 0 Å². The van der Waals surface area contributed by atoms with Crippen molar-refractivity contribution in [2.24, 2.45) is 17.6 Å². The fraction of sp³-hybridized carbons (Fsp3) is 0.857. The van der Waals surface area contributed by atoms with Crippen LogP contribution in [0.2, 0.25) is 0 Å².